The van der Waals surface area contributed by atoms with Crippen LogP contribution in [0.25, 0.3) is 17.1 Å². The maximum atomic E-state index is 12.1. The van der Waals surface area contributed by atoms with Crippen LogP contribution in [0, 0.1) is 0 Å². The van der Waals surface area contributed by atoms with Gasteiger partial charge in [-0.1, -0.05) is 19.1 Å². The average Bonchev–Trinajstić information content (AvgIpc) is 3.25. The molecule has 9 heteroatoms. The zero-order valence-corrected chi connectivity index (χ0v) is 18.2. The summed E-state index contributed by atoms with van der Waals surface area (Å²) in [5, 5.41) is 18.8. The molecule has 32 heavy (non-hydrogen) atoms. The van der Waals surface area contributed by atoms with Gasteiger partial charge in [0.2, 0.25) is 5.82 Å². The largest absolute Gasteiger partial charge is 0.507 e. The molecule has 168 valence electrons. The molecule has 0 unspecified atom stereocenters. The average molecular weight is 438 g/mol. The van der Waals surface area contributed by atoms with Gasteiger partial charge in [0.05, 0.1) is 25.9 Å². The highest BCUT2D eigenvalue weighted by molar-refractivity contribution is 5.90. The fourth-order valence-electron chi connectivity index (χ4n) is 3.89. The molecule has 0 spiro atoms. The molecule has 1 fully saturated rings. The van der Waals surface area contributed by atoms with E-state index in [1.165, 1.54) is 0 Å². The summed E-state index contributed by atoms with van der Waals surface area (Å²) in [5.74, 6) is 0.184. The predicted octanol–water partition coefficient (Wildman–Crippen LogP) is 2.14. The Balaban J connectivity index is 1.73. The molecule has 2 aromatic carbocycles. The summed E-state index contributed by atoms with van der Waals surface area (Å²) >= 11 is 0. The number of nitrogens with two attached hydrogens (primary N) is 1. The van der Waals surface area contributed by atoms with Crippen molar-refractivity contribution in [2.24, 2.45) is 5.73 Å². The van der Waals surface area contributed by atoms with Gasteiger partial charge in [0, 0.05) is 31.4 Å². The number of primary amides is 1. The van der Waals surface area contributed by atoms with Gasteiger partial charge in [-0.15, -0.1) is 10.2 Å². The number of nitrogens with zero attached hydrogens (tertiary/aromatic N) is 4. The number of morpholine rings is 1. The highest BCUT2D eigenvalue weighted by Gasteiger charge is 2.23. The molecule has 3 N–H and O–H groups in total. The SMILES string of the molecule is CCc1cc(-c2nnc(C(N)=O)n2-c2ccc(CN3CCOCC3)cc2)c(O)cc1OC. The van der Waals surface area contributed by atoms with Crippen LogP contribution in [0.3, 0.4) is 0 Å². The number of hydrogen-bond acceptors (Lipinski definition) is 7. The van der Waals surface area contributed by atoms with Crippen LogP contribution >= 0.6 is 0 Å². The molecule has 2 heterocycles. The number of hydrogen-bond donors (Lipinski definition) is 2. The van der Waals surface area contributed by atoms with Crippen LogP contribution < -0.4 is 10.5 Å². The Morgan fingerprint density at radius 2 is 1.91 bits per heavy atom. The van der Waals surface area contributed by atoms with E-state index in [1.54, 1.807) is 23.8 Å². The summed E-state index contributed by atoms with van der Waals surface area (Å²) in [4.78, 5) is 14.4. The number of methoxy groups -OCH3 is 1. The third kappa shape index (κ3) is 4.30. The molecule has 0 radical (unpaired) electrons. The first-order valence-electron chi connectivity index (χ1n) is 10.6. The minimum absolute atomic E-state index is 0.00537. The topological polar surface area (TPSA) is 116 Å². The van der Waals surface area contributed by atoms with Crippen molar-refractivity contribution < 1.29 is 19.4 Å². The molecule has 3 aromatic rings. The summed E-state index contributed by atoms with van der Waals surface area (Å²) < 4.78 is 12.3. The molecule has 1 aliphatic heterocycles. The smallest absolute Gasteiger partial charge is 0.287 e. The Morgan fingerprint density at radius 3 is 2.53 bits per heavy atom. The standard InChI is InChI=1S/C23H27N5O4/c1-3-16-12-18(19(29)13-20(16)31-2)22-25-26-23(21(24)30)28(22)17-6-4-15(5-7-17)14-27-8-10-32-11-9-27/h4-7,12-13,29H,3,8-11,14H2,1-2H3,(H2,24,30). The number of aromatic nitrogens is 3. The Hall–Kier alpha value is -3.43. The molecule has 1 aliphatic rings. The van der Waals surface area contributed by atoms with E-state index in [9.17, 15) is 9.90 Å². The van der Waals surface area contributed by atoms with Crippen molar-refractivity contribution in [1.82, 2.24) is 19.7 Å². The Morgan fingerprint density at radius 1 is 1.19 bits per heavy atom. The molecule has 0 bridgehead atoms. The van der Waals surface area contributed by atoms with Gasteiger partial charge in [0.15, 0.2) is 5.82 Å². The third-order valence-corrected chi connectivity index (χ3v) is 5.61. The van der Waals surface area contributed by atoms with E-state index in [4.69, 9.17) is 15.2 Å². The molecular weight excluding hydrogens is 410 g/mol. The second-order valence-corrected chi connectivity index (χ2v) is 7.64. The van der Waals surface area contributed by atoms with Gasteiger partial charge in [0.1, 0.15) is 11.5 Å². The van der Waals surface area contributed by atoms with Crippen molar-refractivity contribution in [3.05, 3.63) is 53.3 Å². The molecule has 1 saturated heterocycles. The van der Waals surface area contributed by atoms with Crippen LogP contribution in [0.2, 0.25) is 0 Å². The van der Waals surface area contributed by atoms with Crippen molar-refractivity contribution in [3.63, 3.8) is 0 Å². The van der Waals surface area contributed by atoms with Gasteiger partial charge in [0.25, 0.3) is 5.91 Å². The number of aromatic hydroxyl groups is 1. The number of carbonyl (C=O) groups is 1. The lowest BCUT2D eigenvalue weighted by molar-refractivity contribution is 0.0342. The van der Waals surface area contributed by atoms with E-state index >= 15 is 0 Å². The lowest BCUT2D eigenvalue weighted by Gasteiger charge is -2.26. The fraction of sp³-hybridized carbons (Fsp3) is 0.348. The third-order valence-electron chi connectivity index (χ3n) is 5.61. The van der Waals surface area contributed by atoms with E-state index in [0.29, 0.717) is 29.2 Å². The zero-order chi connectivity index (χ0) is 22.7. The maximum absolute atomic E-state index is 12.1. The van der Waals surface area contributed by atoms with E-state index < -0.39 is 5.91 Å². The molecule has 4 rings (SSSR count). The highest BCUT2D eigenvalue weighted by atomic mass is 16.5. The first-order chi connectivity index (χ1) is 15.5. The van der Waals surface area contributed by atoms with Crippen molar-refractivity contribution in [3.8, 4) is 28.6 Å². The number of benzene rings is 2. The minimum Gasteiger partial charge on any atom is -0.507 e. The maximum Gasteiger partial charge on any atom is 0.287 e. The number of phenols is 1. The fourth-order valence-corrected chi connectivity index (χ4v) is 3.89. The number of rotatable bonds is 7. The van der Waals surface area contributed by atoms with Gasteiger partial charge >= 0.3 is 0 Å². The minimum atomic E-state index is -0.704. The Kier molecular flexibility index (Phi) is 6.38. The van der Waals surface area contributed by atoms with E-state index in [0.717, 1.165) is 44.0 Å². The van der Waals surface area contributed by atoms with Gasteiger partial charge < -0.3 is 20.3 Å². The van der Waals surface area contributed by atoms with Crippen molar-refractivity contribution in [2.45, 2.75) is 19.9 Å². The van der Waals surface area contributed by atoms with E-state index in [2.05, 4.69) is 15.1 Å². The number of phenolic OH excluding ortho intramolecular Hbond substituents is 1. The lowest BCUT2D eigenvalue weighted by Crippen LogP contribution is -2.35. The van der Waals surface area contributed by atoms with Crippen LogP contribution in [-0.2, 0) is 17.7 Å². The molecule has 1 aromatic heterocycles. The monoisotopic (exact) mass is 437 g/mol. The second kappa shape index (κ2) is 9.37. The summed E-state index contributed by atoms with van der Waals surface area (Å²) in [5.41, 5.74) is 8.74. The normalized spacial score (nSPS) is 14.4. The lowest BCUT2D eigenvalue weighted by atomic mass is 10.1. The molecule has 1 amide bonds. The molecule has 0 atom stereocenters. The van der Waals surface area contributed by atoms with Crippen molar-refractivity contribution in [2.75, 3.05) is 33.4 Å². The Labute approximate surface area is 186 Å². The number of aryl methyl sites for hydroxylation is 1. The van der Waals surface area contributed by atoms with Gasteiger partial charge in [-0.05, 0) is 35.7 Å². The summed E-state index contributed by atoms with van der Waals surface area (Å²) in [6.07, 6.45) is 0.698. The second-order valence-electron chi connectivity index (χ2n) is 7.64. The molecule has 0 saturated carbocycles. The zero-order valence-electron chi connectivity index (χ0n) is 18.2. The quantitative estimate of drug-likeness (QED) is 0.582. The van der Waals surface area contributed by atoms with Crippen LogP contribution in [0.5, 0.6) is 11.5 Å². The first kappa shape index (κ1) is 21.8. The summed E-state index contributed by atoms with van der Waals surface area (Å²) in [6, 6.07) is 11.1. The summed E-state index contributed by atoms with van der Waals surface area (Å²) in [6.45, 7) is 6.11. The predicted molar refractivity (Wildman–Crippen MR) is 119 cm³/mol. The molecular formula is C23H27N5O4. The Bertz CT molecular complexity index is 1100. The van der Waals surface area contributed by atoms with Crippen LogP contribution in [0.15, 0.2) is 36.4 Å². The molecule has 0 aliphatic carbocycles. The number of ether oxygens (including phenoxy) is 2. The van der Waals surface area contributed by atoms with E-state index in [-0.39, 0.29) is 11.6 Å². The van der Waals surface area contributed by atoms with Gasteiger partial charge in [-0.3, -0.25) is 14.3 Å². The van der Waals surface area contributed by atoms with Crippen LogP contribution in [0.4, 0.5) is 0 Å². The highest BCUT2D eigenvalue weighted by Crippen LogP contribution is 2.36. The van der Waals surface area contributed by atoms with Gasteiger partial charge in [-0.2, -0.15) is 0 Å². The number of amides is 1. The van der Waals surface area contributed by atoms with Gasteiger partial charge in [-0.25, -0.2) is 0 Å². The van der Waals surface area contributed by atoms with Crippen molar-refractivity contribution >= 4 is 5.91 Å². The van der Waals surface area contributed by atoms with Crippen LogP contribution in [-0.4, -0.2) is 64.1 Å². The summed E-state index contributed by atoms with van der Waals surface area (Å²) in [7, 11) is 1.56. The van der Waals surface area contributed by atoms with E-state index in [1.807, 2.05) is 31.2 Å². The van der Waals surface area contributed by atoms with Crippen molar-refractivity contribution in [1.29, 1.82) is 0 Å². The van der Waals surface area contributed by atoms with Crippen LogP contribution in [0.1, 0.15) is 28.7 Å². The number of carbonyl (C=O) groups excluding carboxylic acids is 1. The first-order valence-corrected chi connectivity index (χ1v) is 10.6. The molecule has 9 nitrogen and oxygen atoms in total.